The van der Waals surface area contributed by atoms with Gasteiger partial charge in [-0.2, -0.15) is 0 Å². The average Bonchev–Trinajstić information content (AvgIpc) is 2.57. The van der Waals surface area contributed by atoms with Crippen molar-refractivity contribution in [2.45, 2.75) is 31.7 Å². The molecule has 1 N–H and O–H groups in total. The average molecular weight is 345 g/mol. The fraction of sp³-hybridized carbons (Fsp3) is 0.316. The molecule has 2 aromatic carbocycles. The quantitative estimate of drug-likeness (QED) is 0.746. The first-order chi connectivity index (χ1) is 11.1. The number of rotatable bonds is 4. The second kappa shape index (κ2) is 6.50. The number of thiocarbonyl (C=S) groups is 1. The Balaban J connectivity index is 2.28. The van der Waals surface area contributed by atoms with Gasteiger partial charge in [-0.05, 0) is 42.4 Å². The fourth-order valence-electron chi connectivity index (χ4n) is 3.46. The number of halogens is 1. The summed E-state index contributed by atoms with van der Waals surface area (Å²) in [5.41, 5.74) is 3.22. The lowest BCUT2D eigenvalue weighted by molar-refractivity contribution is 0.235. The second-order valence-electron chi connectivity index (χ2n) is 6.01. The number of fused-ring (bicyclic) bond motifs is 1. The molecule has 1 heterocycles. The van der Waals surface area contributed by atoms with Gasteiger partial charge in [-0.25, -0.2) is 0 Å². The molecule has 0 amide bonds. The summed E-state index contributed by atoms with van der Waals surface area (Å²) in [5.74, 6) is 0. The van der Waals surface area contributed by atoms with Crippen molar-refractivity contribution in [3.63, 3.8) is 0 Å². The molecule has 4 heteroatoms. The van der Waals surface area contributed by atoms with Crippen LogP contribution in [-0.2, 0) is 5.54 Å². The Morgan fingerprint density at radius 3 is 2.61 bits per heavy atom. The third-order valence-electron chi connectivity index (χ3n) is 4.69. The maximum Gasteiger partial charge on any atom is 0.174 e. The van der Waals surface area contributed by atoms with Crippen LogP contribution in [0.1, 0.15) is 37.3 Å². The Morgan fingerprint density at radius 2 is 1.91 bits per heavy atom. The number of nitrogens with zero attached hydrogens (tertiary/aromatic N) is 1. The topological polar surface area (TPSA) is 15.3 Å². The highest BCUT2D eigenvalue weighted by atomic mass is 35.5. The summed E-state index contributed by atoms with van der Waals surface area (Å²) in [4.78, 5) is 2.19. The minimum Gasteiger partial charge on any atom is -0.338 e. The van der Waals surface area contributed by atoms with Gasteiger partial charge in [-0.15, -0.1) is 0 Å². The van der Waals surface area contributed by atoms with Gasteiger partial charge < -0.3 is 10.2 Å². The molecule has 2 nitrogen and oxygen atoms in total. The molecule has 2 aromatic rings. The molecule has 23 heavy (non-hydrogen) atoms. The van der Waals surface area contributed by atoms with Gasteiger partial charge in [0.25, 0.3) is 0 Å². The predicted octanol–water partition coefficient (Wildman–Crippen LogP) is 5.42. The highest BCUT2D eigenvalue weighted by Crippen LogP contribution is 2.46. The highest BCUT2D eigenvalue weighted by Gasteiger charge is 2.43. The Bertz CT molecular complexity index is 717. The van der Waals surface area contributed by atoms with E-state index in [9.17, 15) is 0 Å². The van der Waals surface area contributed by atoms with E-state index in [0.29, 0.717) is 0 Å². The number of nitrogens with one attached hydrogen (secondary N) is 1. The molecule has 0 aliphatic carbocycles. The summed E-state index contributed by atoms with van der Waals surface area (Å²) in [5, 5.41) is 4.84. The van der Waals surface area contributed by atoms with E-state index in [1.807, 2.05) is 12.1 Å². The monoisotopic (exact) mass is 344 g/mol. The Morgan fingerprint density at radius 1 is 1.17 bits per heavy atom. The van der Waals surface area contributed by atoms with Gasteiger partial charge in [-0.3, -0.25) is 0 Å². The van der Waals surface area contributed by atoms with Crippen LogP contribution in [0.4, 0.5) is 5.69 Å². The molecule has 1 aliphatic rings. The lowest BCUT2D eigenvalue weighted by atomic mass is 9.76. The van der Waals surface area contributed by atoms with Crippen LogP contribution in [0.15, 0.2) is 48.5 Å². The first-order valence-corrected chi connectivity index (χ1v) is 8.78. The van der Waals surface area contributed by atoms with E-state index in [2.05, 4.69) is 60.6 Å². The van der Waals surface area contributed by atoms with E-state index >= 15 is 0 Å². The summed E-state index contributed by atoms with van der Waals surface area (Å²) < 4.78 is 0. The summed E-state index contributed by atoms with van der Waals surface area (Å²) in [6.07, 6.45) is 3.26. The summed E-state index contributed by atoms with van der Waals surface area (Å²) in [6, 6.07) is 16.6. The molecular weight excluding hydrogens is 324 g/mol. The molecule has 0 saturated carbocycles. The SMILES string of the molecule is CCCCC1(c2ccccc2)c2cc(Cl)ccc2NC(=S)N1C. The maximum absolute atomic E-state index is 6.33. The minimum atomic E-state index is -0.278. The lowest BCUT2D eigenvalue weighted by Crippen LogP contribution is -2.53. The Hall–Kier alpha value is -1.58. The molecule has 0 radical (unpaired) electrons. The highest BCUT2D eigenvalue weighted by molar-refractivity contribution is 7.80. The van der Waals surface area contributed by atoms with E-state index in [1.54, 1.807) is 0 Å². The van der Waals surface area contributed by atoms with E-state index in [1.165, 1.54) is 11.1 Å². The Labute approximate surface area is 148 Å². The van der Waals surface area contributed by atoms with Gasteiger partial charge in [0, 0.05) is 23.3 Å². The normalized spacial score (nSPS) is 20.1. The van der Waals surface area contributed by atoms with Crippen LogP contribution in [0.2, 0.25) is 5.02 Å². The van der Waals surface area contributed by atoms with Gasteiger partial charge in [0.05, 0.1) is 5.54 Å². The molecule has 0 spiro atoms. The molecule has 0 saturated heterocycles. The number of hydrogen-bond acceptors (Lipinski definition) is 1. The number of benzene rings is 2. The van der Waals surface area contributed by atoms with Gasteiger partial charge in [0.2, 0.25) is 0 Å². The van der Waals surface area contributed by atoms with Crippen molar-refractivity contribution < 1.29 is 0 Å². The molecule has 0 fully saturated rings. The van der Waals surface area contributed by atoms with Crippen LogP contribution >= 0.6 is 23.8 Å². The molecule has 120 valence electrons. The molecule has 1 aliphatic heterocycles. The van der Waals surface area contributed by atoms with Crippen molar-refractivity contribution in [3.8, 4) is 0 Å². The third kappa shape index (κ3) is 2.73. The fourth-order valence-corrected chi connectivity index (χ4v) is 3.90. The minimum absolute atomic E-state index is 0.278. The summed E-state index contributed by atoms with van der Waals surface area (Å²) in [6.45, 7) is 2.22. The Kier molecular flexibility index (Phi) is 4.60. The van der Waals surface area contributed by atoms with Gasteiger partial charge in [0.1, 0.15) is 0 Å². The van der Waals surface area contributed by atoms with Crippen molar-refractivity contribution in [2.75, 3.05) is 12.4 Å². The van der Waals surface area contributed by atoms with Crippen molar-refractivity contribution >= 4 is 34.6 Å². The second-order valence-corrected chi connectivity index (χ2v) is 6.83. The zero-order valence-electron chi connectivity index (χ0n) is 13.5. The maximum atomic E-state index is 6.33. The van der Waals surface area contributed by atoms with Crippen LogP contribution in [-0.4, -0.2) is 17.1 Å². The zero-order chi connectivity index (χ0) is 16.4. The van der Waals surface area contributed by atoms with Crippen molar-refractivity contribution in [3.05, 3.63) is 64.7 Å². The smallest absolute Gasteiger partial charge is 0.174 e. The van der Waals surface area contributed by atoms with Gasteiger partial charge in [-0.1, -0.05) is 61.7 Å². The molecule has 0 aromatic heterocycles. The van der Waals surface area contributed by atoms with Gasteiger partial charge >= 0.3 is 0 Å². The zero-order valence-corrected chi connectivity index (χ0v) is 15.0. The third-order valence-corrected chi connectivity index (χ3v) is 5.30. The van der Waals surface area contributed by atoms with E-state index < -0.39 is 0 Å². The number of hydrogen-bond donors (Lipinski definition) is 1. The number of anilines is 1. The van der Waals surface area contributed by atoms with E-state index in [4.69, 9.17) is 23.8 Å². The first kappa shape index (κ1) is 16.3. The first-order valence-electron chi connectivity index (χ1n) is 8.00. The van der Waals surface area contributed by atoms with Crippen molar-refractivity contribution in [1.82, 2.24) is 4.90 Å². The van der Waals surface area contributed by atoms with Gasteiger partial charge in [0.15, 0.2) is 5.11 Å². The summed E-state index contributed by atoms with van der Waals surface area (Å²) in [7, 11) is 2.07. The largest absolute Gasteiger partial charge is 0.338 e. The van der Waals surface area contributed by atoms with Crippen LogP contribution in [0.5, 0.6) is 0 Å². The standard InChI is InChI=1S/C19H21ClN2S/c1-3-4-12-19(14-8-6-5-7-9-14)16-13-15(20)10-11-17(16)21-18(23)22(19)2/h5-11,13H,3-4,12H2,1-2H3,(H,21,23). The molecule has 3 rings (SSSR count). The van der Waals surface area contributed by atoms with E-state index in [-0.39, 0.29) is 5.54 Å². The van der Waals surface area contributed by atoms with Crippen LogP contribution in [0, 0.1) is 0 Å². The van der Waals surface area contributed by atoms with Crippen LogP contribution in [0.25, 0.3) is 0 Å². The molecular formula is C19H21ClN2S. The van der Waals surface area contributed by atoms with Crippen LogP contribution in [0.3, 0.4) is 0 Å². The van der Waals surface area contributed by atoms with Crippen LogP contribution < -0.4 is 5.32 Å². The molecule has 0 bridgehead atoms. The van der Waals surface area contributed by atoms with Crippen molar-refractivity contribution in [2.24, 2.45) is 0 Å². The lowest BCUT2D eigenvalue weighted by Gasteiger charge is -2.48. The molecule has 1 atom stereocenters. The summed E-state index contributed by atoms with van der Waals surface area (Å²) >= 11 is 11.9. The van der Waals surface area contributed by atoms with Crippen molar-refractivity contribution in [1.29, 1.82) is 0 Å². The predicted molar refractivity (Wildman–Crippen MR) is 102 cm³/mol. The van der Waals surface area contributed by atoms with E-state index in [0.717, 1.165) is 35.1 Å². The number of unbranched alkanes of at least 4 members (excludes halogenated alkanes) is 1. The molecule has 1 unspecified atom stereocenters.